The number of nitrogens with zero attached hydrogens (tertiary/aromatic N) is 1. The van der Waals surface area contributed by atoms with E-state index < -0.39 is 18.0 Å². The third-order valence-electron chi connectivity index (χ3n) is 4.45. The summed E-state index contributed by atoms with van der Waals surface area (Å²) in [7, 11) is 0. The van der Waals surface area contributed by atoms with Crippen LogP contribution in [0, 0.1) is 11.8 Å². The maximum absolute atomic E-state index is 13.1. The fourth-order valence-corrected chi connectivity index (χ4v) is 3.24. The first-order chi connectivity index (χ1) is 9.45. The van der Waals surface area contributed by atoms with Crippen molar-refractivity contribution in [1.82, 2.24) is 10.2 Å². The molecule has 6 heteroatoms. The third-order valence-corrected chi connectivity index (χ3v) is 4.45. The Kier molecular flexibility index (Phi) is 4.94. The Hall–Kier alpha value is -0.780. The third kappa shape index (κ3) is 3.27. The maximum Gasteiger partial charge on any atom is 0.392 e. The number of carbonyl (C=O) groups is 1. The minimum atomic E-state index is -4.25. The quantitative estimate of drug-likeness (QED) is 0.863. The number of hydrogen-bond acceptors (Lipinski definition) is 2. The van der Waals surface area contributed by atoms with Crippen molar-refractivity contribution in [2.75, 3.05) is 19.6 Å². The zero-order chi connectivity index (χ0) is 14.8. The van der Waals surface area contributed by atoms with Crippen molar-refractivity contribution in [1.29, 1.82) is 0 Å². The number of rotatable bonds is 4. The molecule has 116 valence electrons. The van der Waals surface area contributed by atoms with Gasteiger partial charge in [0.2, 0.25) is 5.91 Å². The molecule has 2 atom stereocenters. The van der Waals surface area contributed by atoms with Crippen LogP contribution in [0.4, 0.5) is 13.2 Å². The first-order valence-corrected chi connectivity index (χ1v) is 7.53. The fraction of sp³-hybridized carbons (Fsp3) is 0.929. The van der Waals surface area contributed by atoms with Gasteiger partial charge in [-0.05, 0) is 19.3 Å². The average Bonchev–Trinajstić information content (AvgIpc) is 2.34. The lowest BCUT2D eigenvalue weighted by Crippen LogP contribution is -2.61. The second-order valence-electron chi connectivity index (χ2n) is 5.88. The van der Waals surface area contributed by atoms with Crippen molar-refractivity contribution in [3.8, 4) is 0 Å². The molecule has 0 aromatic heterocycles. The molecule has 0 radical (unpaired) electrons. The van der Waals surface area contributed by atoms with Gasteiger partial charge in [-0.15, -0.1) is 0 Å². The van der Waals surface area contributed by atoms with E-state index in [4.69, 9.17) is 0 Å². The monoisotopic (exact) mass is 292 g/mol. The van der Waals surface area contributed by atoms with E-state index in [1.54, 1.807) is 4.90 Å². The largest absolute Gasteiger partial charge is 0.392 e. The molecular weight excluding hydrogens is 269 g/mol. The van der Waals surface area contributed by atoms with Gasteiger partial charge in [-0.3, -0.25) is 4.79 Å². The molecule has 1 aliphatic carbocycles. The fourth-order valence-electron chi connectivity index (χ4n) is 3.24. The van der Waals surface area contributed by atoms with Gasteiger partial charge in [-0.2, -0.15) is 13.2 Å². The van der Waals surface area contributed by atoms with Gasteiger partial charge < -0.3 is 10.2 Å². The minimum absolute atomic E-state index is 0.0817. The van der Waals surface area contributed by atoms with Crippen LogP contribution in [-0.2, 0) is 4.79 Å². The highest BCUT2D eigenvalue weighted by atomic mass is 19.4. The summed E-state index contributed by atoms with van der Waals surface area (Å²) in [5, 5.41) is 3.08. The van der Waals surface area contributed by atoms with Crippen LogP contribution < -0.4 is 5.32 Å². The number of alkyl halides is 3. The number of amides is 1. The number of hydrogen-bond donors (Lipinski definition) is 1. The van der Waals surface area contributed by atoms with E-state index in [1.807, 2.05) is 6.92 Å². The lowest BCUT2D eigenvalue weighted by Gasteiger charge is -2.42. The van der Waals surface area contributed by atoms with Crippen LogP contribution in [0.3, 0.4) is 0 Å². The molecule has 2 unspecified atom stereocenters. The number of carbonyl (C=O) groups excluding carboxylic acids is 1. The molecule has 2 rings (SSSR count). The number of nitrogens with one attached hydrogen (secondary N) is 1. The van der Waals surface area contributed by atoms with Crippen molar-refractivity contribution in [2.45, 2.75) is 51.2 Å². The summed E-state index contributed by atoms with van der Waals surface area (Å²) in [5.74, 6) is -2.59. The van der Waals surface area contributed by atoms with Crippen LogP contribution in [-0.4, -0.2) is 42.7 Å². The van der Waals surface area contributed by atoms with E-state index >= 15 is 0 Å². The summed E-state index contributed by atoms with van der Waals surface area (Å²) >= 11 is 0. The molecule has 3 nitrogen and oxygen atoms in total. The molecule has 1 heterocycles. The van der Waals surface area contributed by atoms with Crippen LogP contribution in [0.25, 0.3) is 0 Å². The summed E-state index contributed by atoms with van der Waals surface area (Å²) < 4.78 is 39.3. The summed E-state index contributed by atoms with van der Waals surface area (Å²) in [6.45, 7) is 3.92. The van der Waals surface area contributed by atoms with Gasteiger partial charge in [0, 0.05) is 25.6 Å². The van der Waals surface area contributed by atoms with E-state index in [2.05, 4.69) is 5.32 Å². The molecule has 20 heavy (non-hydrogen) atoms. The van der Waals surface area contributed by atoms with E-state index in [1.165, 1.54) is 0 Å². The van der Waals surface area contributed by atoms with Gasteiger partial charge in [-0.25, -0.2) is 0 Å². The first-order valence-electron chi connectivity index (χ1n) is 7.53. The highest BCUT2D eigenvalue weighted by Gasteiger charge is 2.49. The molecule has 1 N–H and O–H groups in total. The smallest absolute Gasteiger partial charge is 0.337 e. The average molecular weight is 292 g/mol. The summed E-state index contributed by atoms with van der Waals surface area (Å²) in [6.07, 6.45) is -1.69. The Balaban J connectivity index is 2.10. The van der Waals surface area contributed by atoms with Gasteiger partial charge in [0.05, 0.1) is 12.0 Å². The van der Waals surface area contributed by atoms with Crippen molar-refractivity contribution in [2.24, 2.45) is 11.8 Å². The van der Waals surface area contributed by atoms with E-state index in [0.717, 1.165) is 12.8 Å². The van der Waals surface area contributed by atoms with Gasteiger partial charge in [0.25, 0.3) is 0 Å². The van der Waals surface area contributed by atoms with Gasteiger partial charge >= 0.3 is 6.18 Å². The molecule has 2 aliphatic rings. The lowest BCUT2D eigenvalue weighted by molar-refractivity contribution is -0.201. The van der Waals surface area contributed by atoms with Crippen LogP contribution in [0.2, 0.25) is 0 Å². The van der Waals surface area contributed by atoms with Crippen LogP contribution in [0.1, 0.15) is 39.0 Å². The molecule has 1 saturated carbocycles. The Morgan fingerprint density at radius 2 is 1.90 bits per heavy atom. The van der Waals surface area contributed by atoms with Crippen LogP contribution >= 0.6 is 0 Å². The second-order valence-corrected chi connectivity index (χ2v) is 5.88. The van der Waals surface area contributed by atoms with Crippen LogP contribution in [0.5, 0.6) is 0 Å². The van der Waals surface area contributed by atoms with Crippen LogP contribution in [0.15, 0.2) is 0 Å². The zero-order valence-corrected chi connectivity index (χ0v) is 11.9. The Morgan fingerprint density at radius 1 is 1.25 bits per heavy atom. The molecule has 1 saturated heterocycles. The molecule has 0 bridgehead atoms. The summed E-state index contributed by atoms with van der Waals surface area (Å²) in [5.41, 5.74) is 0. The molecular formula is C14H23F3N2O. The van der Waals surface area contributed by atoms with Gasteiger partial charge in [-0.1, -0.05) is 19.8 Å². The van der Waals surface area contributed by atoms with Gasteiger partial charge in [0.1, 0.15) is 0 Å². The SMILES string of the molecule is CCCN(C(=O)C1CCCCC1C(F)(F)F)C1CNC1. The molecule has 0 aromatic carbocycles. The molecule has 2 fully saturated rings. The number of halogens is 3. The van der Waals surface area contributed by atoms with Crippen molar-refractivity contribution in [3.63, 3.8) is 0 Å². The van der Waals surface area contributed by atoms with Gasteiger partial charge in [0.15, 0.2) is 0 Å². The zero-order valence-electron chi connectivity index (χ0n) is 11.9. The topological polar surface area (TPSA) is 32.3 Å². The highest BCUT2D eigenvalue weighted by Crippen LogP contribution is 2.42. The normalized spacial score (nSPS) is 28.0. The molecule has 1 aliphatic heterocycles. The van der Waals surface area contributed by atoms with E-state index in [-0.39, 0.29) is 18.4 Å². The Bertz CT molecular complexity index is 342. The first kappa shape index (κ1) is 15.6. The minimum Gasteiger partial charge on any atom is -0.337 e. The molecule has 0 aromatic rings. The summed E-state index contributed by atoms with van der Waals surface area (Å²) in [4.78, 5) is 14.3. The Labute approximate surface area is 117 Å². The summed E-state index contributed by atoms with van der Waals surface area (Å²) in [6, 6.07) is 0.0817. The van der Waals surface area contributed by atoms with E-state index in [0.29, 0.717) is 32.5 Å². The standard InChI is InChI=1S/C14H23F3N2O/c1-2-7-19(10-8-18-9-10)13(20)11-5-3-4-6-12(11)14(15,16)17/h10-12,18H,2-9H2,1H3. The lowest BCUT2D eigenvalue weighted by atomic mass is 9.77. The highest BCUT2D eigenvalue weighted by molar-refractivity contribution is 5.80. The Morgan fingerprint density at radius 3 is 2.40 bits per heavy atom. The van der Waals surface area contributed by atoms with E-state index in [9.17, 15) is 18.0 Å². The second kappa shape index (κ2) is 6.33. The predicted octanol–water partition coefficient (Wildman–Crippen LogP) is 2.57. The molecule has 0 spiro atoms. The van der Waals surface area contributed by atoms with Crippen molar-refractivity contribution >= 4 is 5.91 Å². The predicted molar refractivity (Wildman–Crippen MR) is 70.2 cm³/mol. The van der Waals surface area contributed by atoms with Crippen molar-refractivity contribution in [3.05, 3.63) is 0 Å². The maximum atomic E-state index is 13.1. The van der Waals surface area contributed by atoms with Crippen molar-refractivity contribution < 1.29 is 18.0 Å². The molecule has 1 amide bonds.